The maximum Gasteiger partial charge on any atom is 0.261 e. The fraction of sp³-hybridized carbons (Fsp3) is 0.632. The summed E-state index contributed by atoms with van der Waals surface area (Å²) in [6.07, 6.45) is 2.76. The molecule has 0 radical (unpaired) electrons. The Balaban J connectivity index is 0.00000288. The highest BCUT2D eigenvalue weighted by molar-refractivity contribution is 5.85. The van der Waals surface area contributed by atoms with E-state index in [1.54, 1.807) is 6.92 Å². The minimum Gasteiger partial charge on any atom is -0.481 e. The van der Waals surface area contributed by atoms with Crippen LogP contribution in [0.1, 0.15) is 57.1 Å². The van der Waals surface area contributed by atoms with E-state index in [4.69, 9.17) is 10.5 Å². The van der Waals surface area contributed by atoms with Crippen LogP contribution in [-0.4, -0.2) is 24.6 Å². The van der Waals surface area contributed by atoms with Crippen molar-refractivity contribution in [1.82, 2.24) is 5.32 Å². The van der Waals surface area contributed by atoms with Crippen molar-refractivity contribution in [3.63, 3.8) is 0 Å². The van der Waals surface area contributed by atoms with Gasteiger partial charge >= 0.3 is 0 Å². The van der Waals surface area contributed by atoms with Crippen LogP contribution in [0, 0.1) is 12.8 Å². The lowest BCUT2D eigenvalue weighted by Gasteiger charge is -2.22. The Labute approximate surface area is 151 Å². The Hall–Kier alpha value is -1.26. The van der Waals surface area contributed by atoms with Crippen LogP contribution in [0.15, 0.2) is 18.2 Å². The average molecular weight is 355 g/mol. The van der Waals surface area contributed by atoms with Crippen molar-refractivity contribution >= 4 is 18.3 Å². The summed E-state index contributed by atoms with van der Waals surface area (Å²) in [5.74, 6) is 1.58. The molecule has 1 aromatic carbocycles. The van der Waals surface area contributed by atoms with Crippen LogP contribution < -0.4 is 15.8 Å². The molecule has 1 aliphatic rings. The van der Waals surface area contributed by atoms with Gasteiger partial charge in [0.15, 0.2) is 6.10 Å². The summed E-state index contributed by atoms with van der Waals surface area (Å²) in [7, 11) is 0. The molecule has 1 fully saturated rings. The van der Waals surface area contributed by atoms with E-state index in [1.807, 2.05) is 12.1 Å². The number of benzene rings is 1. The predicted octanol–water partition coefficient (Wildman–Crippen LogP) is 3.55. The summed E-state index contributed by atoms with van der Waals surface area (Å²) < 4.78 is 5.83. The second-order valence-electron chi connectivity index (χ2n) is 6.97. The largest absolute Gasteiger partial charge is 0.481 e. The van der Waals surface area contributed by atoms with Crippen LogP contribution in [0.25, 0.3) is 0 Å². The molecule has 136 valence electrons. The van der Waals surface area contributed by atoms with Crippen molar-refractivity contribution in [2.45, 2.75) is 65.0 Å². The zero-order chi connectivity index (χ0) is 17.0. The number of carbonyl (C=O) groups excluding carboxylic acids is 1. The van der Waals surface area contributed by atoms with Gasteiger partial charge in [-0.1, -0.05) is 26.3 Å². The van der Waals surface area contributed by atoms with Crippen LogP contribution in [-0.2, 0) is 4.79 Å². The Morgan fingerprint density at radius 1 is 1.33 bits per heavy atom. The van der Waals surface area contributed by atoms with Crippen molar-refractivity contribution < 1.29 is 9.53 Å². The first-order chi connectivity index (χ1) is 10.9. The van der Waals surface area contributed by atoms with E-state index in [2.05, 4.69) is 32.2 Å². The minimum atomic E-state index is -0.502. The van der Waals surface area contributed by atoms with Crippen molar-refractivity contribution in [1.29, 1.82) is 0 Å². The first-order valence-electron chi connectivity index (χ1n) is 8.70. The molecule has 0 heterocycles. The van der Waals surface area contributed by atoms with E-state index in [9.17, 15) is 4.79 Å². The molecule has 0 aromatic heterocycles. The molecule has 3 unspecified atom stereocenters. The van der Waals surface area contributed by atoms with E-state index in [0.717, 1.165) is 25.0 Å². The lowest BCUT2D eigenvalue weighted by atomic mass is 9.98. The molecular formula is C19H31ClN2O2. The molecule has 1 aromatic rings. The van der Waals surface area contributed by atoms with Gasteiger partial charge in [-0.05, 0) is 68.3 Å². The van der Waals surface area contributed by atoms with Gasteiger partial charge < -0.3 is 15.8 Å². The monoisotopic (exact) mass is 354 g/mol. The number of hydrogen-bond donors (Lipinski definition) is 2. The fourth-order valence-electron chi connectivity index (χ4n) is 3.44. The van der Waals surface area contributed by atoms with Crippen LogP contribution >= 0.6 is 12.4 Å². The van der Waals surface area contributed by atoms with Gasteiger partial charge in [-0.3, -0.25) is 4.79 Å². The van der Waals surface area contributed by atoms with E-state index in [0.29, 0.717) is 18.4 Å². The molecule has 1 saturated carbocycles. The molecule has 4 nitrogen and oxygen atoms in total. The van der Waals surface area contributed by atoms with E-state index in [-0.39, 0.29) is 24.4 Å². The van der Waals surface area contributed by atoms with Crippen molar-refractivity contribution in [3.8, 4) is 5.75 Å². The van der Waals surface area contributed by atoms with Gasteiger partial charge in [0.25, 0.3) is 5.91 Å². The molecule has 3 atom stereocenters. The third-order valence-corrected chi connectivity index (χ3v) is 4.83. The number of ether oxygens (including phenoxy) is 1. The molecule has 5 heteroatoms. The number of carbonyl (C=O) groups is 1. The van der Waals surface area contributed by atoms with Gasteiger partial charge in [0, 0.05) is 6.04 Å². The maximum absolute atomic E-state index is 12.3. The number of rotatable bonds is 6. The number of nitrogens with two attached hydrogens (primary N) is 1. The Morgan fingerprint density at radius 3 is 2.62 bits per heavy atom. The fourth-order valence-corrected chi connectivity index (χ4v) is 3.44. The number of aryl methyl sites for hydroxylation is 1. The molecular weight excluding hydrogens is 324 g/mol. The van der Waals surface area contributed by atoms with Gasteiger partial charge in [0.2, 0.25) is 0 Å². The van der Waals surface area contributed by atoms with Crippen LogP contribution in [0.2, 0.25) is 0 Å². The lowest BCUT2D eigenvalue weighted by Crippen LogP contribution is -2.45. The highest BCUT2D eigenvalue weighted by atomic mass is 35.5. The lowest BCUT2D eigenvalue weighted by molar-refractivity contribution is -0.128. The Bertz CT molecular complexity index is 548. The molecule has 0 spiro atoms. The second kappa shape index (κ2) is 9.28. The summed E-state index contributed by atoms with van der Waals surface area (Å²) in [6, 6.07) is 6.24. The van der Waals surface area contributed by atoms with Gasteiger partial charge in [-0.2, -0.15) is 0 Å². The molecule has 3 N–H and O–H groups in total. The smallest absolute Gasteiger partial charge is 0.261 e. The summed E-state index contributed by atoms with van der Waals surface area (Å²) in [5.41, 5.74) is 8.28. The van der Waals surface area contributed by atoms with Crippen LogP contribution in [0.4, 0.5) is 0 Å². The summed E-state index contributed by atoms with van der Waals surface area (Å²) in [6.45, 7) is 8.86. The topological polar surface area (TPSA) is 64.3 Å². The highest BCUT2D eigenvalue weighted by Crippen LogP contribution is 2.26. The normalized spacial score (nSPS) is 21.2. The van der Waals surface area contributed by atoms with Crippen molar-refractivity contribution in [2.75, 3.05) is 6.54 Å². The Morgan fingerprint density at radius 2 is 2.04 bits per heavy atom. The van der Waals surface area contributed by atoms with Gasteiger partial charge in [0.05, 0.1) is 0 Å². The molecule has 1 amide bonds. The van der Waals surface area contributed by atoms with E-state index < -0.39 is 6.10 Å². The van der Waals surface area contributed by atoms with E-state index in [1.165, 1.54) is 11.1 Å². The number of nitrogens with one attached hydrogen (secondary N) is 1. The van der Waals surface area contributed by atoms with Crippen LogP contribution in [0.3, 0.4) is 0 Å². The zero-order valence-electron chi connectivity index (χ0n) is 15.2. The first kappa shape index (κ1) is 20.8. The van der Waals surface area contributed by atoms with Crippen molar-refractivity contribution in [3.05, 3.63) is 29.3 Å². The van der Waals surface area contributed by atoms with Gasteiger partial charge in [0.1, 0.15) is 5.75 Å². The summed E-state index contributed by atoms with van der Waals surface area (Å²) in [4.78, 5) is 12.3. The number of halogens is 1. The first-order valence-corrected chi connectivity index (χ1v) is 8.70. The standard InChI is InChI=1S/C19H30N2O2.ClH/c1-12(2)17-9-8-16(10-13(17)3)23-14(4)19(22)21-18-7-5-6-15(18)11-20;/h8-10,12,14-15,18H,5-7,11,20H2,1-4H3,(H,21,22);1H. The zero-order valence-corrected chi connectivity index (χ0v) is 16.0. The van der Waals surface area contributed by atoms with E-state index >= 15 is 0 Å². The molecule has 0 aliphatic heterocycles. The van der Waals surface area contributed by atoms with Gasteiger partial charge in [-0.15, -0.1) is 12.4 Å². The molecule has 2 rings (SSSR count). The average Bonchev–Trinajstić information content (AvgIpc) is 2.94. The third kappa shape index (κ3) is 5.12. The molecule has 0 bridgehead atoms. The number of amides is 1. The van der Waals surface area contributed by atoms with Crippen molar-refractivity contribution in [2.24, 2.45) is 11.7 Å². The third-order valence-electron chi connectivity index (χ3n) is 4.83. The number of hydrogen-bond acceptors (Lipinski definition) is 3. The summed E-state index contributed by atoms with van der Waals surface area (Å²) in [5, 5.41) is 3.10. The minimum absolute atomic E-state index is 0. The molecule has 24 heavy (non-hydrogen) atoms. The van der Waals surface area contributed by atoms with Crippen LogP contribution in [0.5, 0.6) is 5.75 Å². The highest BCUT2D eigenvalue weighted by Gasteiger charge is 2.29. The molecule has 1 aliphatic carbocycles. The quantitative estimate of drug-likeness (QED) is 0.821. The maximum atomic E-state index is 12.3. The predicted molar refractivity (Wildman–Crippen MR) is 101 cm³/mol. The summed E-state index contributed by atoms with van der Waals surface area (Å²) >= 11 is 0. The SMILES string of the molecule is Cc1cc(OC(C)C(=O)NC2CCCC2CN)ccc1C(C)C.Cl. The Kier molecular flexibility index (Phi) is 8.04. The van der Waals surface area contributed by atoms with Gasteiger partial charge in [-0.25, -0.2) is 0 Å². The second-order valence-corrected chi connectivity index (χ2v) is 6.97. The molecule has 0 saturated heterocycles.